The van der Waals surface area contributed by atoms with Crippen LogP contribution in [0, 0.1) is 0 Å². The summed E-state index contributed by atoms with van der Waals surface area (Å²) in [6.07, 6.45) is 1.42. The van der Waals surface area contributed by atoms with E-state index in [0.717, 1.165) is 12.8 Å². The largest absolute Gasteiger partial charge is 0.377 e. The van der Waals surface area contributed by atoms with Crippen LogP contribution in [-0.4, -0.2) is 124 Å². The number of carbonyl (C=O) groups excluding carboxylic acids is 2. The fourth-order valence-corrected chi connectivity index (χ4v) is 5.55. The van der Waals surface area contributed by atoms with Crippen LogP contribution in [0.25, 0.3) is 11.4 Å². The minimum atomic E-state index is -2.91. The van der Waals surface area contributed by atoms with Crippen LogP contribution in [0.15, 0.2) is 18.9 Å². The Morgan fingerprint density at radius 3 is 2.61 bits per heavy atom. The fraction of sp³-hybridized carbons (Fsp3) is 0.607. The average molecular weight is 617 g/mol. The maximum Gasteiger partial charge on any atom is 0.281 e. The Morgan fingerprint density at radius 2 is 1.89 bits per heavy atom. The quantitative estimate of drug-likeness (QED) is 0.404. The minimum absolute atomic E-state index is 0.0192. The summed E-state index contributed by atoms with van der Waals surface area (Å²) in [7, 11) is 0. The molecule has 2 aromatic heterocycles. The summed E-state index contributed by atoms with van der Waals surface area (Å²) in [6, 6.07) is -0.0417. The molecule has 0 radical (unpaired) electrons. The van der Waals surface area contributed by atoms with E-state index in [-0.39, 0.29) is 54.3 Å². The Kier molecular flexibility index (Phi) is 10.1. The highest BCUT2D eigenvalue weighted by Gasteiger charge is 2.29. The molecule has 3 aliphatic rings. The van der Waals surface area contributed by atoms with Crippen molar-refractivity contribution >= 4 is 29.7 Å². The second-order valence-corrected chi connectivity index (χ2v) is 10.9. The lowest BCUT2D eigenvalue weighted by molar-refractivity contribution is -0.135. The second kappa shape index (κ2) is 14.2. The van der Waals surface area contributed by atoms with Crippen molar-refractivity contribution in [2.45, 2.75) is 44.8 Å². The summed E-state index contributed by atoms with van der Waals surface area (Å²) in [5.41, 5.74) is 5.01. The number of nitrogens with two attached hydrogens (primary N) is 1. The molecule has 0 saturated carbocycles. The lowest BCUT2D eigenvalue weighted by atomic mass is 10.1. The highest BCUT2D eigenvalue weighted by Crippen LogP contribution is 2.30. The predicted molar refractivity (Wildman–Crippen MR) is 157 cm³/mol. The number of ether oxygens (including phenoxy) is 2. The van der Waals surface area contributed by atoms with Crippen LogP contribution in [0.2, 0.25) is 0 Å². The topological polar surface area (TPSA) is 156 Å². The van der Waals surface area contributed by atoms with Gasteiger partial charge in [-0.25, -0.2) is 18.7 Å². The fourth-order valence-electron chi connectivity index (χ4n) is 5.55. The maximum absolute atomic E-state index is 13.9. The summed E-state index contributed by atoms with van der Waals surface area (Å²) in [5, 5.41) is 0. The number of alkyl halides is 2. The van der Waals surface area contributed by atoms with Gasteiger partial charge in [0, 0.05) is 52.0 Å². The number of halogens is 2. The number of piperazine rings is 1. The highest BCUT2D eigenvalue weighted by atomic mass is 19.3. The molecule has 0 aliphatic carbocycles. The van der Waals surface area contributed by atoms with Crippen molar-refractivity contribution < 1.29 is 27.8 Å². The van der Waals surface area contributed by atoms with E-state index in [1.807, 2.05) is 16.7 Å². The summed E-state index contributed by atoms with van der Waals surface area (Å²) in [5.74, 6) is 0.261. The van der Waals surface area contributed by atoms with Gasteiger partial charge in [-0.3, -0.25) is 9.59 Å². The molecule has 0 bridgehead atoms. The zero-order valence-electron chi connectivity index (χ0n) is 24.8. The number of anilines is 3. The van der Waals surface area contributed by atoms with Gasteiger partial charge in [0.15, 0.2) is 5.82 Å². The minimum Gasteiger partial charge on any atom is -0.377 e. The van der Waals surface area contributed by atoms with Crippen LogP contribution in [0.1, 0.15) is 38.3 Å². The molecule has 44 heavy (non-hydrogen) atoms. The molecule has 3 saturated heterocycles. The smallest absolute Gasteiger partial charge is 0.281 e. The molecule has 3 fully saturated rings. The molecule has 0 unspecified atom stereocenters. The standard InChI is InChI=1S/C28H38F2N10O4/c1-3-21(41)39-7-4-5-19(16-39)44-13-6-22(42)37-8-10-38(11-9-37)27-34-25(20-15-32-26(31)33-23(20)24(29)30)35-28(36-27)40-12-14-43-17-18(40)2/h3,15,18-19,24H,1,4-14,16-17H2,2H3,(H2,31,32,33)/t18-,19+/m0/s1. The van der Waals surface area contributed by atoms with E-state index in [1.54, 1.807) is 9.80 Å². The maximum atomic E-state index is 13.9. The highest BCUT2D eigenvalue weighted by molar-refractivity contribution is 5.87. The molecule has 0 spiro atoms. The summed E-state index contributed by atoms with van der Waals surface area (Å²) in [4.78, 5) is 53.7. The molecule has 2 atom stereocenters. The van der Waals surface area contributed by atoms with Gasteiger partial charge in [0.05, 0.1) is 44.0 Å². The van der Waals surface area contributed by atoms with Crippen molar-refractivity contribution in [3.05, 3.63) is 24.5 Å². The monoisotopic (exact) mass is 616 g/mol. The Morgan fingerprint density at radius 1 is 1.11 bits per heavy atom. The van der Waals surface area contributed by atoms with Crippen molar-refractivity contribution in [1.29, 1.82) is 0 Å². The number of piperidine rings is 1. The van der Waals surface area contributed by atoms with E-state index in [2.05, 4.69) is 26.5 Å². The molecule has 3 aliphatic heterocycles. The van der Waals surface area contributed by atoms with Crippen molar-refractivity contribution in [3.8, 4) is 11.4 Å². The van der Waals surface area contributed by atoms with Gasteiger partial charge in [-0.1, -0.05) is 6.58 Å². The zero-order valence-corrected chi connectivity index (χ0v) is 24.8. The first-order valence-electron chi connectivity index (χ1n) is 14.8. The van der Waals surface area contributed by atoms with Crippen LogP contribution in [0.5, 0.6) is 0 Å². The number of aromatic nitrogens is 5. The third-order valence-electron chi connectivity index (χ3n) is 7.97. The van der Waals surface area contributed by atoms with Gasteiger partial charge in [0.25, 0.3) is 6.43 Å². The van der Waals surface area contributed by atoms with Crippen LogP contribution in [0.4, 0.5) is 26.6 Å². The molecule has 5 heterocycles. The van der Waals surface area contributed by atoms with Gasteiger partial charge >= 0.3 is 0 Å². The third-order valence-corrected chi connectivity index (χ3v) is 7.97. The molecular weight excluding hydrogens is 578 g/mol. The number of hydrogen-bond acceptors (Lipinski definition) is 12. The molecule has 2 amide bonds. The number of likely N-dealkylation sites (tertiary alicyclic amines) is 1. The van der Waals surface area contributed by atoms with E-state index in [9.17, 15) is 18.4 Å². The molecule has 2 aromatic rings. The molecule has 2 N–H and O–H groups in total. The summed E-state index contributed by atoms with van der Waals surface area (Å²) < 4.78 is 39.3. The number of hydrogen-bond donors (Lipinski definition) is 1. The third kappa shape index (κ3) is 7.35. The first-order chi connectivity index (χ1) is 21.2. The van der Waals surface area contributed by atoms with Crippen molar-refractivity contribution in [2.24, 2.45) is 0 Å². The Labute approximate surface area is 254 Å². The van der Waals surface area contributed by atoms with Crippen molar-refractivity contribution in [1.82, 2.24) is 34.7 Å². The molecule has 14 nitrogen and oxygen atoms in total. The lowest BCUT2D eigenvalue weighted by Gasteiger charge is -2.36. The van der Waals surface area contributed by atoms with Gasteiger partial charge in [-0.2, -0.15) is 15.0 Å². The van der Waals surface area contributed by atoms with Crippen LogP contribution in [-0.2, 0) is 19.1 Å². The zero-order chi connectivity index (χ0) is 31.2. The van der Waals surface area contributed by atoms with Gasteiger partial charge in [-0.15, -0.1) is 0 Å². The average Bonchev–Trinajstić information content (AvgIpc) is 3.04. The van der Waals surface area contributed by atoms with Gasteiger partial charge in [0.2, 0.25) is 29.7 Å². The predicted octanol–water partition coefficient (Wildman–Crippen LogP) is 1.31. The number of rotatable bonds is 9. The van der Waals surface area contributed by atoms with Crippen molar-refractivity contribution in [3.63, 3.8) is 0 Å². The molecule has 5 rings (SSSR count). The molecule has 0 aromatic carbocycles. The SMILES string of the molecule is C=CC(=O)N1CCC[C@@H](OCCC(=O)N2CCN(c3nc(-c4cnc(N)nc4C(F)F)nc(N4CCOC[C@@H]4C)n3)CC2)C1. The Balaban J connectivity index is 1.25. The number of morpholine rings is 1. The van der Waals surface area contributed by atoms with Crippen LogP contribution in [0.3, 0.4) is 0 Å². The number of nitrogen functional groups attached to an aromatic ring is 1. The lowest BCUT2D eigenvalue weighted by Crippen LogP contribution is -2.50. The van der Waals surface area contributed by atoms with E-state index in [4.69, 9.17) is 20.2 Å². The normalized spacial score (nSPS) is 21.1. The summed E-state index contributed by atoms with van der Waals surface area (Å²) >= 11 is 0. The molecular formula is C28H38F2N10O4. The second-order valence-electron chi connectivity index (χ2n) is 10.9. The van der Waals surface area contributed by atoms with E-state index in [1.165, 1.54) is 12.3 Å². The first-order valence-corrected chi connectivity index (χ1v) is 14.8. The van der Waals surface area contributed by atoms with Crippen LogP contribution < -0.4 is 15.5 Å². The van der Waals surface area contributed by atoms with E-state index >= 15 is 0 Å². The van der Waals surface area contributed by atoms with Gasteiger partial charge in [0.1, 0.15) is 5.69 Å². The number of amides is 2. The van der Waals surface area contributed by atoms with Gasteiger partial charge < -0.3 is 34.8 Å². The van der Waals surface area contributed by atoms with Crippen molar-refractivity contribution in [2.75, 3.05) is 81.2 Å². The number of nitrogens with zero attached hydrogens (tertiary/aromatic N) is 9. The molecule has 238 valence electrons. The first kappa shape index (κ1) is 31.4. The van der Waals surface area contributed by atoms with E-state index in [0.29, 0.717) is 70.9 Å². The Bertz CT molecular complexity index is 1340. The van der Waals surface area contributed by atoms with E-state index < -0.39 is 12.1 Å². The summed E-state index contributed by atoms with van der Waals surface area (Å²) in [6.45, 7) is 10.2. The van der Waals surface area contributed by atoms with Crippen LogP contribution >= 0.6 is 0 Å². The molecule has 16 heteroatoms. The van der Waals surface area contributed by atoms with Gasteiger partial charge in [-0.05, 0) is 25.8 Å². The number of carbonyl (C=O) groups is 2. The Hall–Kier alpha value is -4.05.